The second kappa shape index (κ2) is 4.37. The van der Waals surface area contributed by atoms with Crippen LogP contribution in [0.4, 0.5) is 5.69 Å². The quantitative estimate of drug-likeness (QED) is 0.638. The molecule has 3 atom stereocenters. The van der Waals surface area contributed by atoms with Gasteiger partial charge in [0.2, 0.25) is 0 Å². The van der Waals surface area contributed by atoms with Crippen LogP contribution in [-0.2, 0) is 0 Å². The fourth-order valence-electron chi connectivity index (χ4n) is 1.83. The molecule has 0 aliphatic carbocycles. The Labute approximate surface area is 94.5 Å². The molecule has 0 bridgehead atoms. The number of anilines is 1. The molecule has 88 valence electrons. The van der Waals surface area contributed by atoms with Crippen LogP contribution in [0.5, 0.6) is 0 Å². The molecule has 2 heterocycles. The van der Waals surface area contributed by atoms with Crippen molar-refractivity contribution in [3.63, 3.8) is 0 Å². The van der Waals surface area contributed by atoms with Crippen molar-refractivity contribution in [3.05, 3.63) is 24.0 Å². The third-order valence-electron chi connectivity index (χ3n) is 2.86. The number of nitrogens with zero attached hydrogens (tertiary/aromatic N) is 2. The minimum absolute atomic E-state index is 0.0798. The smallest absolute Gasteiger partial charge is 0.0990 e. The molecule has 2 unspecified atom stereocenters. The summed E-state index contributed by atoms with van der Waals surface area (Å²) in [6, 6.07) is 3.71. The van der Waals surface area contributed by atoms with Gasteiger partial charge in [-0.25, -0.2) is 0 Å². The molecule has 1 aromatic heterocycles. The number of aromatic nitrogens is 1. The van der Waals surface area contributed by atoms with Crippen LogP contribution in [0, 0.1) is 0 Å². The maximum absolute atomic E-state index is 9.44. The molecule has 4 N–H and O–H groups in total. The van der Waals surface area contributed by atoms with Crippen LogP contribution in [0.25, 0.3) is 0 Å². The summed E-state index contributed by atoms with van der Waals surface area (Å²) in [4.78, 5) is 6.15. The van der Waals surface area contributed by atoms with Gasteiger partial charge >= 0.3 is 0 Å². The van der Waals surface area contributed by atoms with Crippen molar-refractivity contribution in [3.8, 4) is 0 Å². The molecule has 1 aliphatic heterocycles. The monoisotopic (exact) mass is 223 g/mol. The molecule has 0 spiro atoms. The highest BCUT2D eigenvalue weighted by atomic mass is 16.3. The number of hydrogen-bond acceptors (Lipinski definition) is 5. The molecule has 5 heteroatoms. The minimum atomic E-state index is -0.673. The van der Waals surface area contributed by atoms with Crippen LogP contribution in [0.2, 0.25) is 0 Å². The molecule has 0 aromatic carbocycles. The van der Waals surface area contributed by atoms with Crippen molar-refractivity contribution < 1.29 is 10.2 Å². The molecular formula is C11H17N3O2. The Morgan fingerprint density at radius 2 is 2.00 bits per heavy atom. The van der Waals surface area contributed by atoms with Crippen LogP contribution >= 0.6 is 0 Å². The second-order valence-electron chi connectivity index (χ2n) is 4.27. The van der Waals surface area contributed by atoms with E-state index in [9.17, 15) is 10.2 Å². The first-order chi connectivity index (χ1) is 7.58. The van der Waals surface area contributed by atoms with Gasteiger partial charge in [0.25, 0.3) is 0 Å². The fourth-order valence-corrected chi connectivity index (χ4v) is 1.83. The van der Waals surface area contributed by atoms with Crippen molar-refractivity contribution in [1.29, 1.82) is 0 Å². The van der Waals surface area contributed by atoms with Gasteiger partial charge in [-0.1, -0.05) is 0 Å². The SMILES string of the molecule is C[C@@H](N)c1ccc(N2CC(O)C(O)C2)cn1. The summed E-state index contributed by atoms with van der Waals surface area (Å²) in [5, 5.41) is 18.9. The molecule has 1 fully saturated rings. The average Bonchev–Trinajstić information content (AvgIpc) is 2.59. The van der Waals surface area contributed by atoms with Crippen LogP contribution in [-0.4, -0.2) is 40.5 Å². The van der Waals surface area contributed by atoms with Gasteiger partial charge in [-0.3, -0.25) is 4.98 Å². The number of β-amino-alcohol motifs (C(OH)–C–C–N with tert-alkyl or cyclic N) is 2. The summed E-state index contributed by atoms with van der Waals surface area (Å²) in [7, 11) is 0. The lowest BCUT2D eigenvalue weighted by atomic mass is 10.2. The summed E-state index contributed by atoms with van der Waals surface area (Å²) in [6.07, 6.45) is 0.380. The van der Waals surface area contributed by atoms with E-state index in [1.807, 2.05) is 24.0 Å². The highest BCUT2D eigenvalue weighted by Crippen LogP contribution is 2.20. The van der Waals surface area contributed by atoms with Gasteiger partial charge in [-0.05, 0) is 19.1 Å². The van der Waals surface area contributed by atoms with Crippen molar-refractivity contribution in [2.75, 3.05) is 18.0 Å². The van der Waals surface area contributed by atoms with E-state index < -0.39 is 12.2 Å². The molecule has 0 saturated carbocycles. The van der Waals surface area contributed by atoms with E-state index >= 15 is 0 Å². The standard InChI is InChI=1S/C11H17N3O2/c1-7(12)9-3-2-8(4-13-9)14-5-10(15)11(16)6-14/h2-4,7,10-11,15-16H,5-6,12H2,1H3/t7-,10?,11?/m1/s1. The van der Waals surface area contributed by atoms with Crippen molar-refractivity contribution >= 4 is 5.69 Å². The lowest BCUT2D eigenvalue weighted by Crippen LogP contribution is -2.22. The van der Waals surface area contributed by atoms with Crippen molar-refractivity contribution in [1.82, 2.24) is 4.98 Å². The predicted molar refractivity (Wildman–Crippen MR) is 61.1 cm³/mol. The van der Waals surface area contributed by atoms with E-state index in [1.165, 1.54) is 0 Å². The molecule has 1 aliphatic rings. The predicted octanol–water partition coefficient (Wildman–Crippen LogP) is -0.357. The first-order valence-corrected chi connectivity index (χ1v) is 5.40. The lowest BCUT2D eigenvalue weighted by molar-refractivity contribution is 0.0572. The fraction of sp³-hybridized carbons (Fsp3) is 0.545. The number of pyridine rings is 1. The third-order valence-corrected chi connectivity index (χ3v) is 2.86. The Bertz CT molecular complexity index is 343. The van der Waals surface area contributed by atoms with E-state index in [4.69, 9.17) is 5.73 Å². The van der Waals surface area contributed by atoms with E-state index in [0.717, 1.165) is 11.4 Å². The molecule has 0 radical (unpaired) electrons. The summed E-state index contributed by atoms with van der Waals surface area (Å²) < 4.78 is 0. The van der Waals surface area contributed by atoms with Gasteiger partial charge in [0.05, 0.1) is 29.8 Å². The summed E-state index contributed by atoms with van der Waals surface area (Å²) in [5.74, 6) is 0. The van der Waals surface area contributed by atoms with Gasteiger partial charge in [0.1, 0.15) is 0 Å². The normalized spacial score (nSPS) is 27.1. The molecular weight excluding hydrogens is 206 g/mol. The van der Waals surface area contributed by atoms with E-state index in [-0.39, 0.29) is 6.04 Å². The first kappa shape index (κ1) is 11.3. The lowest BCUT2D eigenvalue weighted by Gasteiger charge is -2.17. The minimum Gasteiger partial charge on any atom is -0.389 e. The maximum Gasteiger partial charge on any atom is 0.0990 e. The van der Waals surface area contributed by atoms with Gasteiger partial charge in [-0.2, -0.15) is 0 Å². The zero-order valence-electron chi connectivity index (χ0n) is 9.24. The molecule has 16 heavy (non-hydrogen) atoms. The largest absolute Gasteiger partial charge is 0.389 e. The Morgan fingerprint density at radius 3 is 2.44 bits per heavy atom. The Kier molecular flexibility index (Phi) is 3.09. The summed E-state index contributed by atoms with van der Waals surface area (Å²) in [6.45, 7) is 2.77. The van der Waals surface area contributed by atoms with E-state index in [1.54, 1.807) is 6.20 Å². The average molecular weight is 223 g/mol. The Hall–Kier alpha value is -1.17. The van der Waals surface area contributed by atoms with Crippen LogP contribution in [0.15, 0.2) is 18.3 Å². The van der Waals surface area contributed by atoms with Gasteiger partial charge in [-0.15, -0.1) is 0 Å². The molecule has 0 amide bonds. The van der Waals surface area contributed by atoms with Crippen molar-refractivity contribution in [2.45, 2.75) is 25.2 Å². The zero-order chi connectivity index (χ0) is 11.7. The Morgan fingerprint density at radius 1 is 1.38 bits per heavy atom. The van der Waals surface area contributed by atoms with Crippen LogP contribution in [0.3, 0.4) is 0 Å². The highest BCUT2D eigenvalue weighted by Gasteiger charge is 2.29. The molecule has 1 aromatic rings. The number of aliphatic hydroxyl groups is 2. The molecule has 2 rings (SSSR count). The summed E-state index contributed by atoms with van der Waals surface area (Å²) >= 11 is 0. The number of rotatable bonds is 2. The Balaban J connectivity index is 2.11. The van der Waals surface area contributed by atoms with Crippen LogP contribution < -0.4 is 10.6 Å². The van der Waals surface area contributed by atoms with Gasteiger partial charge in [0, 0.05) is 19.1 Å². The number of hydrogen-bond donors (Lipinski definition) is 3. The number of nitrogens with two attached hydrogens (primary N) is 1. The molecule has 1 saturated heterocycles. The van der Waals surface area contributed by atoms with E-state index in [2.05, 4.69) is 4.98 Å². The van der Waals surface area contributed by atoms with Gasteiger partial charge < -0.3 is 20.8 Å². The molecule has 5 nitrogen and oxygen atoms in total. The first-order valence-electron chi connectivity index (χ1n) is 5.40. The number of aliphatic hydroxyl groups excluding tert-OH is 2. The third kappa shape index (κ3) is 2.16. The van der Waals surface area contributed by atoms with Crippen LogP contribution in [0.1, 0.15) is 18.7 Å². The van der Waals surface area contributed by atoms with Gasteiger partial charge in [0.15, 0.2) is 0 Å². The van der Waals surface area contributed by atoms with E-state index in [0.29, 0.717) is 13.1 Å². The second-order valence-corrected chi connectivity index (χ2v) is 4.27. The zero-order valence-corrected chi connectivity index (χ0v) is 9.24. The topological polar surface area (TPSA) is 82.6 Å². The van der Waals surface area contributed by atoms with Crippen molar-refractivity contribution in [2.24, 2.45) is 5.73 Å². The summed E-state index contributed by atoms with van der Waals surface area (Å²) in [5.41, 5.74) is 7.45. The highest BCUT2D eigenvalue weighted by molar-refractivity contribution is 5.46. The maximum atomic E-state index is 9.44.